The highest BCUT2D eigenvalue weighted by Crippen LogP contribution is 2.21. The first-order valence-corrected chi connectivity index (χ1v) is 10.3. The normalized spacial score (nSPS) is 11.8. The van der Waals surface area contributed by atoms with Crippen LogP contribution in [0.1, 0.15) is 29.6 Å². The molecule has 0 aliphatic carbocycles. The first-order chi connectivity index (χ1) is 11.5. The van der Waals surface area contributed by atoms with E-state index in [9.17, 15) is 8.42 Å². The molecule has 0 spiro atoms. The molecule has 0 radical (unpaired) electrons. The molecule has 2 heterocycles. The SMILES string of the molecule is CCCc1nc(CS(=O)(=O)c2nccn2-c2cccc(C)c2)cs1. The molecule has 0 aliphatic rings. The average Bonchev–Trinajstić information content (AvgIpc) is 3.17. The number of aromatic nitrogens is 3. The molecular formula is C17H19N3O2S2. The summed E-state index contributed by atoms with van der Waals surface area (Å²) in [7, 11) is -3.57. The second kappa shape index (κ2) is 6.86. The first kappa shape index (κ1) is 16.9. The largest absolute Gasteiger partial charge is 0.291 e. The molecule has 0 N–H and O–H groups in total. The summed E-state index contributed by atoms with van der Waals surface area (Å²) in [5.74, 6) is -0.129. The Morgan fingerprint density at radius 1 is 1.29 bits per heavy atom. The van der Waals surface area contributed by atoms with E-state index in [4.69, 9.17) is 0 Å². The van der Waals surface area contributed by atoms with Crippen LogP contribution < -0.4 is 0 Å². The summed E-state index contributed by atoms with van der Waals surface area (Å²) in [5.41, 5.74) is 2.44. The summed E-state index contributed by atoms with van der Waals surface area (Å²) < 4.78 is 27.2. The van der Waals surface area contributed by atoms with Gasteiger partial charge in [-0.05, 0) is 37.5 Å². The van der Waals surface area contributed by atoms with Gasteiger partial charge in [0.05, 0.1) is 10.7 Å². The van der Waals surface area contributed by atoms with Gasteiger partial charge in [0.25, 0.3) is 0 Å². The minimum absolute atomic E-state index is 0.0538. The Kier molecular flexibility index (Phi) is 4.82. The minimum Gasteiger partial charge on any atom is -0.291 e. The van der Waals surface area contributed by atoms with E-state index in [1.165, 1.54) is 17.5 Å². The molecule has 0 unspecified atom stereocenters. The maximum absolute atomic E-state index is 12.8. The Hall–Kier alpha value is -1.99. The number of nitrogens with zero attached hydrogens (tertiary/aromatic N) is 3. The minimum atomic E-state index is -3.57. The van der Waals surface area contributed by atoms with Crippen LogP contribution in [0.25, 0.3) is 5.69 Å². The molecule has 7 heteroatoms. The van der Waals surface area contributed by atoms with E-state index in [1.54, 1.807) is 10.8 Å². The van der Waals surface area contributed by atoms with Gasteiger partial charge in [0.2, 0.25) is 15.0 Å². The van der Waals surface area contributed by atoms with Gasteiger partial charge in [0.15, 0.2) is 0 Å². The maximum Gasteiger partial charge on any atom is 0.232 e. The van der Waals surface area contributed by atoms with Gasteiger partial charge >= 0.3 is 0 Å². The fraction of sp³-hybridized carbons (Fsp3) is 0.294. The summed E-state index contributed by atoms with van der Waals surface area (Å²) in [4.78, 5) is 8.50. The lowest BCUT2D eigenvalue weighted by Crippen LogP contribution is -2.12. The molecule has 0 atom stereocenters. The Bertz CT molecular complexity index is 942. The molecule has 0 fully saturated rings. The molecule has 3 aromatic rings. The van der Waals surface area contributed by atoms with Crippen LogP contribution in [0.15, 0.2) is 47.2 Å². The van der Waals surface area contributed by atoms with Crippen molar-refractivity contribution in [2.45, 2.75) is 37.6 Å². The summed E-state index contributed by atoms with van der Waals surface area (Å²) in [5, 5.41) is 2.85. The Labute approximate surface area is 145 Å². The smallest absolute Gasteiger partial charge is 0.232 e. The zero-order chi connectivity index (χ0) is 17.2. The third-order valence-corrected chi connectivity index (χ3v) is 6.06. The third-order valence-electron chi connectivity index (χ3n) is 3.57. The van der Waals surface area contributed by atoms with E-state index in [0.29, 0.717) is 5.69 Å². The van der Waals surface area contributed by atoms with Crippen molar-refractivity contribution < 1.29 is 8.42 Å². The number of hydrogen-bond donors (Lipinski definition) is 0. The summed E-state index contributed by atoms with van der Waals surface area (Å²) in [6.07, 6.45) is 5.06. The molecule has 0 amide bonds. The highest BCUT2D eigenvalue weighted by atomic mass is 32.2. The Morgan fingerprint density at radius 3 is 2.88 bits per heavy atom. The van der Waals surface area contributed by atoms with E-state index < -0.39 is 9.84 Å². The van der Waals surface area contributed by atoms with Crippen molar-refractivity contribution in [3.63, 3.8) is 0 Å². The maximum atomic E-state index is 12.8. The topological polar surface area (TPSA) is 64.8 Å². The first-order valence-electron chi connectivity index (χ1n) is 7.76. The zero-order valence-electron chi connectivity index (χ0n) is 13.6. The molecule has 0 bridgehead atoms. The van der Waals surface area contributed by atoms with E-state index in [1.807, 2.05) is 36.6 Å². The van der Waals surface area contributed by atoms with Crippen LogP contribution in [0, 0.1) is 6.92 Å². The molecule has 0 saturated heterocycles. The van der Waals surface area contributed by atoms with Crippen LogP contribution in [-0.4, -0.2) is 23.0 Å². The van der Waals surface area contributed by atoms with Gasteiger partial charge in [-0.15, -0.1) is 11.3 Å². The summed E-state index contributed by atoms with van der Waals surface area (Å²) in [6.45, 7) is 4.05. The second-order valence-corrected chi connectivity index (χ2v) is 8.49. The number of hydrogen-bond acceptors (Lipinski definition) is 5. The second-order valence-electron chi connectivity index (χ2n) is 5.66. The van der Waals surface area contributed by atoms with E-state index in [0.717, 1.165) is 29.1 Å². The molecule has 1 aromatic carbocycles. The van der Waals surface area contributed by atoms with Gasteiger partial charge in [-0.1, -0.05) is 19.1 Å². The van der Waals surface area contributed by atoms with Crippen LogP contribution in [0.3, 0.4) is 0 Å². The average molecular weight is 361 g/mol. The van der Waals surface area contributed by atoms with Crippen LogP contribution in [0.2, 0.25) is 0 Å². The molecular weight excluding hydrogens is 342 g/mol. The lowest BCUT2D eigenvalue weighted by molar-refractivity contribution is 0.583. The molecule has 24 heavy (non-hydrogen) atoms. The molecule has 5 nitrogen and oxygen atoms in total. The standard InChI is InChI=1S/C17H19N3O2S2/c1-3-5-16-19-14(11-23-16)12-24(21,22)17-18-8-9-20(17)15-7-4-6-13(2)10-15/h4,6-11H,3,5,12H2,1-2H3. The monoisotopic (exact) mass is 361 g/mol. The lowest BCUT2D eigenvalue weighted by Gasteiger charge is -2.08. The highest BCUT2D eigenvalue weighted by molar-refractivity contribution is 7.90. The number of rotatable bonds is 6. The quantitative estimate of drug-likeness (QED) is 0.673. The van der Waals surface area contributed by atoms with E-state index in [-0.39, 0.29) is 10.9 Å². The summed E-state index contributed by atoms with van der Waals surface area (Å²) in [6, 6.07) is 7.68. The number of aryl methyl sites for hydroxylation is 2. The van der Waals surface area contributed by atoms with Gasteiger partial charge in [0.1, 0.15) is 5.75 Å². The van der Waals surface area contributed by atoms with Crippen LogP contribution in [0.5, 0.6) is 0 Å². The van der Waals surface area contributed by atoms with Crippen molar-refractivity contribution in [3.05, 3.63) is 58.3 Å². The fourth-order valence-corrected chi connectivity index (χ4v) is 4.86. The Balaban J connectivity index is 1.92. The van der Waals surface area contributed by atoms with E-state index >= 15 is 0 Å². The van der Waals surface area contributed by atoms with Crippen LogP contribution in [-0.2, 0) is 22.0 Å². The highest BCUT2D eigenvalue weighted by Gasteiger charge is 2.23. The van der Waals surface area contributed by atoms with Crippen molar-refractivity contribution in [2.75, 3.05) is 0 Å². The van der Waals surface area contributed by atoms with Gasteiger partial charge in [-0.25, -0.2) is 18.4 Å². The number of sulfone groups is 1. The molecule has 3 rings (SSSR count). The van der Waals surface area contributed by atoms with Crippen LogP contribution >= 0.6 is 11.3 Å². The van der Waals surface area contributed by atoms with Crippen molar-refractivity contribution >= 4 is 21.2 Å². The van der Waals surface area contributed by atoms with Gasteiger partial charge in [-0.3, -0.25) is 4.57 Å². The molecule has 126 valence electrons. The number of imidazole rings is 1. The Morgan fingerprint density at radius 2 is 2.12 bits per heavy atom. The number of thiazole rings is 1. The van der Waals surface area contributed by atoms with Crippen molar-refractivity contribution in [1.82, 2.24) is 14.5 Å². The molecule has 0 aliphatic heterocycles. The molecule has 0 saturated carbocycles. The zero-order valence-corrected chi connectivity index (χ0v) is 15.3. The number of benzene rings is 1. The molecule has 2 aromatic heterocycles. The van der Waals surface area contributed by atoms with Gasteiger partial charge < -0.3 is 0 Å². The predicted octanol–water partition coefficient (Wildman–Crippen LogP) is 3.56. The fourth-order valence-electron chi connectivity index (χ4n) is 2.50. The predicted molar refractivity (Wildman–Crippen MR) is 95.3 cm³/mol. The third kappa shape index (κ3) is 3.57. The van der Waals surface area contributed by atoms with Crippen molar-refractivity contribution in [3.8, 4) is 5.69 Å². The lowest BCUT2D eigenvalue weighted by atomic mass is 10.2. The van der Waals surface area contributed by atoms with Crippen molar-refractivity contribution in [1.29, 1.82) is 0 Å². The summed E-state index contributed by atoms with van der Waals surface area (Å²) >= 11 is 1.51. The van der Waals surface area contributed by atoms with Gasteiger partial charge in [0, 0.05) is 23.5 Å². The van der Waals surface area contributed by atoms with Crippen LogP contribution in [0.4, 0.5) is 0 Å². The van der Waals surface area contributed by atoms with Gasteiger partial charge in [-0.2, -0.15) is 0 Å². The van der Waals surface area contributed by atoms with Crippen molar-refractivity contribution in [2.24, 2.45) is 0 Å². The van der Waals surface area contributed by atoms with E-state index in [2.05, 4.69) is 16.9 Å².